The number of nitrogens with one attached hydrogen (secondary N) is 1. The fraction of sp³-hybridized carbons (Fsp3) is 0.552. The van der Waals surface area contributed by atoms with Crippen LogP contribution >= 0.6 is 15.9 Å². The van der Waals surface area contributed by atoms with Crippen molar-refractivity contribution in [3.05, 3.63) is 54.6 Å². The molecule has 4 nitrogen and oxygen atoms in total. The van der Waals surface area contributed by atoms with Crippen molar-refractivity contribution in [2.24, 2.45) is 5.92 Å². The normalized spacial score (nSPS) is 22.9. The molecule has 1 amide bonds. The molecule has 1 N–H and O–H groups in total. The van der Waals surface area contributed by atoms with Gasteiger partial charge in [-0.1, -0.05) is 90.1 Å². The van der Waals surface area contributed by atoms with Gasteiger partial charge < -0.3 is 26.2 Å². The lowest BCUT2D eigenvalue weighted by atomic mass is 9.95. The molecule has 0 aromatic heterocycles. The zero-order valence-electron chi connectivity index (χ0n) is 20.8. The number of carbonyl (C=O) groups excluding carboxylic acids is 1. The average molecular weight is 608 g/mol. The molecule has 2 bridgehead atoms. The number of hydrogen-bond acceptors (Lipinski definition) is 2. The molecule has 0 aliphatic carbocycles. The molecule has 2 fully saturated rings. The fourth-order valence-electron chi connectivity index (χ4n) is 5.90. The Kier molecular flexibility index (Phi) is 11.6. The molecule has 2 heterocycles. The van der Waals surface area contributed by atoms with E-state index >= 15 is 0 Å². The van der Waals surface area contributed by atoms with Gasteiger partial charge >= 0.3 is 6.09 Å². The van der Waals surface area contributed by atoms with E-state index in [0.29, 0.717) is 5.92 Å². The summed E-state index contributed by atoms with van der Waals surface area (Å²) in [5.41, 5.74) is 2.91. The number of fused-ring (bicyclic) bond motifs is 2. The van der Waals surface area contributed by atoms with Crippen LogP contribution in [0.4, 0.5) is 10.5 Å². The Morgan fingerprint density at radius 2 is 1.54 bits per heavy atom. The summed E-state index contributed by atoms with van der Waals surface area (Å²) in [6.07, 6.45) is 11.4. The minimum atomic E-state index is -0.319. The van der Waals surface area contributed by atoms with Crippen LogP contribution in [-0.2, 0) is 4.74 Å². The van der Waals surface area contributed by atoms with Crippen molar-refractivity contribution in [1.82, 2.24) is 0 Å². The summed E-state index contributed by atoms with van der Waals surface area (Å²) in [5.74, 6) is 0.508. The third-order valence-electron chi connectivity index (χ3n) is 7.78. The number of para-hydroxylation sites is 1. The number of amides is 1. The van der Waals surface area contributed by atoms with Crippen molar-refractivity contribution in [1.29, 1.82) is 0 Å². The van der Waals surface area contributed by atoms with Crippen LogP contribution in [0.3, 0.4) is 0 Å². The van der Waals surface area contributed by atoms with Crippen molar-refractivity contribution in [2.45, 2.75) is 63.9 Å². The Labute approximate surface area is 230 Å². The Bertz CT molecular complexity index is 911. The predicted octanol–water partition coefficient (Wildman–Crippen LogP) is 4.64. The number of quaternary nitrogens is 1. The minimum absolute atomic E-state index is 0. The Morgan fingerprint density at radius 1 is 0.886 bits per heavy atom. The second kappa shape index (κ2) is 14.4. The van der Waals surface area contributed by atoms with Crippen molar-refractivity contribution in [3.63, 3.8) is 0 Å². The molecule has 2 saturated heterocycles. The number of alkyl halides is 1. The van der Waals surface area contributed by atoms with Crippen molar-refractivity contribution in [3.8, 4) is 11.1 Å². The molecule has 2 aromatic rings. The highest BCUT2D eigenvalue weighted by Crippen LogP contribution is 2.36. The van der Waals surface area contributed by atoms with E-state index in [0.717, 1.165) is 35.1 Å². The van der Waals surface area contributed by atoms with Crippen LogP contribution in [0.1, 0.15) is 57.8 Å². The maximum Gasteiger partial charge on any atom is 0.411 e. The fourth-order valence-corrected chi connectivity index (χ4v) is 6.29. The summed E-state index contributed by atoms with van der Waals surface area (Å²) in [5, 5.41) is 4.16. The van der Waals surface area contributed by atoms with Gasteiger partial charge in [-0.05, 0) is 30.9 Å². The van der Waals surface area contributed by atoms with Gasteiger partial charge in [0.1, 0.15) is 6.10 Å². The molecule has 192 valence electrons. The van der Waals surface area contributed by atoms with Crippen LogP contribution < -0.4 is 22.3 Å². The summed E-state index contributed by atoms with van der Waals surface area (Å²) in [4.78, 5) is 12.8. The maximum atomic E-state index is 12.8. The van der Waals surface area contributed by atoms with Gasteiger partial charge in [-0.25, -0.2) is 4.79 Å². The summed E-state index contributed by atoms with van der Waals surface area (Å²) in [6.45, 7) is 4.90. The lowest BCUT2D eigenvalue weighted by molar-refractivity contribution is -0.922. The van der Waals surface area contributed by atoms with E-state index in [9.17, 15) is 4.79 Å². The number of piperidine rings is 1. The Hall–Kier alpha value is -1.37. The largest absolute Gasteiger partial charge is 1.00 e. The molecule has 0 radical (unpaired) electrons. The number of nitrogens with zero attached hydrogens (tertiary/aromatic N) is 1. The van der Waals surface area contributed by atoms with Crippen LogP contribution in [-0.4, -0.2) is 48.2 Å². The number of carbonyl (C=O) groups is 1. The van der Waals surface area contributed by atoms with Crippen LogP contribution in [0.15, 0.2) is 54.6 Å². The van der Waals surface area contributed by atoms with E-state index in [1.165, 1.54) is 75.5 Å². The highest BCUT2D eigenvalue weighted by Gasteiger charge is 2.47. The first-order valence-corrected chi connectivity index (χ1v) is 14.3. The van der Waals surface area contributed by atoms with Crippen molar-refractivity contribution in [2.75, 3.05) is 36.8 Å². The number of benzene rings is 2. The van der Waals surface area contributed by atoms with E-state index in [-0.39, 0.29) is 29.2 Å². The zero-order valence-corrected chi connectivity index (χ0v) is 23.9. The number of rotatable bonds is 12. The van der Waals surface area contributed by atoms with Crippen molar-refractivity contribution >= 4 is 27.7 Å². The van der Waals surface area contributed by atoms with Gasteiger partial charge in [0.25, 0.3) is 0 Å². The van der Waals surface area contributed by atoms with Crippen LogP contribution in [0.2, 0.25) is 0 Å². The SMILES string of the molecule is O=C(Nc1ccccc1-c1ccccc1)OC1CC[N+]2(CCCCCCCCCBr)CCC1C2.[Br-]. The first kappa shape index (κ1) is 28.2. The molecule has 0 spiro atoms. The molecule has 0 saturated carbocycles. The van der Waals surface area contributed by atoms with E-state index in [1.807, 2.05) is 42.5 Å². The number of ether oxygens (including phenoxy) is 1. The van der Waals surface area contributed by atoms with Crippen LogP contribution in [0.5, 0.6) is 0 Å². The van der Waals surface area contributed by atoms with E-state index in [1.54, 1.807) is 0 Å². The van der Waals surface area contributed by atoms with Gasteiger partial charge in [-0.3, -0.25) is 5.32 Å². The predicted molar refractivity (Wildman–Crippen MR) is 144 cm³/mol. The maximum absolute atomic E-state index is 12.8. The van der Waals surface area contributed by atoms with Gasteiger partial charge in [-0.15, -0.1) is 0 Å². The second-order valence-corrected chi connectivity index (χ2v) is 11.0. The monoisotopic (exact) mass is 606 g/mol. The first-order chi connectivity index (χ1) is 16.7. The standard InChI is InChI=1S/C29H39BrN2O2.BrH/c30-19-11-4-2-1-3-5-12-20-32-21-17-25(23-32)28(18-22-32)34-29(33)31-27-16-10-9-15-26(27)24-13-7-6-8-14-24;/h6-10,13-16,25,28H,1-5,11-12,17-23H2;1H. The quantitative estimate of drug-likeness (QED) is 0.217. The van der Waals surface area contributed by atoms with Gasteiger partial charge in [0.05, 0.1) is 37.8 Å². The molecular formula is C29H40Br2N2O2. The highest BCUT2D eigenvalue weighted by molar-refractivity contribution is 9.09. The topological polar surface area (TPSA) is 38.3 Å². The van der Waals surface area contributed by atoms with Gasteiger partial charge in [0, 0.05) is 23.7 Å². The first-order valence-electron chi connectivity index (χ1n) is 13.2. The van der Waals surface area contributed by atoms with Crippen LogP contribution in [0, 0.1) is 5.92 Å². The summed E-state index contributed by atoms with van der Waals surface area (Å²) in [7, 11) is 0. The summed E-state index contributed by atoms with van der Waals surface area (Å²) in [6, 6.07) is 18.1. The lowest BCUT2D eigenvalue weighted by Crippen LogP contribution is -3.00. The molecule has 2 aromatic carbocycles. The van der Waals surface area contributed by atoms with Gasteiger partial charge in [0.15, 0.2) is 0 Å². The zero-order chi connectivity index (χ0) is 23.6. The number of hydrogen-bond donors (Lipinski definition) is 1. The average Bonchev–Trinajstić information content (AvgIpc) is 3.21. The molecule has 35 heavy (non-hydrogen) atoms. The third-order valence-corrected chi connectivity index (χ3v) is 8.34. The third kappa shape index (κ3) is 8.06. The molecule has 2 aliphatic rings. The lowest BCUT2D eigenvalue weighted by Gasteiger charge is -2.40. The Morgan fingerprint density at radius 3 is 2.31 bits per heavy atom. The number of anilines is 1. The molecule has 2 aliphatic heterocycles. The Balaban J connectivity index is 0.00000342. The van der Waals surface area contributed by atoms with E-state index in [2.05, 4.69) is 33.4 Å². The van der Waals surface area contributed by atoms with E-state index < -0.39 is 0 Å². The smallest absolute Gasteiger partial charge is 0.411 e. The molecule has 3 atom stereocenters. The van der Waals surface area contributed by atoms with Gasteiger partial charge in [-0.2, -0.15) is 0 Å². The second-order valence-electron chi connectivity index (χ2n) is 10.2. The van der Waals surface area contributed by atoms with Gasteiger partial charge in [0.2, 0.25) is 0 Å². The molecule has 3 unspecified atom stereocenters. The highest BCUT2D eigenvalue weighted by atomic mass is 79.9. The molecule has 4 rings (SSSR count). The van der Waals surface area contributed by atoms with Crippen molar-refractivity contribution < 1.29 is 31.0 Å². The molecular weight excluding hydrogens is 568 g/mol. The summed E-state index contributed by atoms with van der Waals surface area (Å²) < 4.78 is 7.24. The minimum Gasteiger partial charge on any atom is -1.00 e. The van der Waals surface area contributed by atoms with E-state index in [4.69, 9.17) is 4.74 Å². The van der Waals surface area contributed by atoms with Crippen LogP contribution in [0.25, 0.3) is 11.1 Å². The molecule has 6 heteroatoms. The number of halogens is 2. The number of unbranched alkanes of at least 4 members (excludes halogenated alkanes) is 6. The summed E-state index contributed by atoms with van der Waals surface area (Å²) >= 11 is 3.52.